The van der Waals surface area contributed by atoms with Crippen LogP contribution in [0, 0.1) is 13.8 Å². The molecule has 5 heteroatoms. The number of hydrogen-bond donors (Lipinski definition) is 2. The Bertz CT molecular complexity index is 878. The molecule has 2 aromatic carbocycles. The van der Waals surface area contributed by atoms with E-state index in [9.17, 15) is 4.79 Å². The summed E-state index contributed by atoms with van der Waals surface area (Å²) in [6.07, 6.45) is 0. The smallest absolute Gasteiger partial charge is 0.270 e. The minimum atomic E-state index is -0.218. The Kier molecular flexibility index (Phi) is 5.04. The van der Waals surface area contributed by atoms with Gasteiger partial charge >= 0.3 is 0 Å². The average Bonchev–Trinajstić information content (AvgIpc) is 2.61. The lowest BCUT2D eigenvalue weighted by Crippen LogP contribution is -2.24. The number of aromatic nitrogens is 2. The molecule has 0 saturated carbocycles. The number of amides is 1. The summed E-state index contributed by atoms with van der Waals surface area (Å²) in [5, 5.41) is 6.11. The first-order chi connectivity index (χ1) is 12.1. The number of benzene rings is 2. The van der Waals surface area contributed by atoms with Crippen LogP contribution >= 0.6 is 0 Å². The lowest BCUT2D eigenvalue weighted by Gasteiger charge is -2.10. The predicted octanol–water partition coefficient (Wildman–Crippen LogP) is 3.77. The third-order valence-corrected chi connectivity index (χ3v) is 3.82. The summed E-state index contributed by atoms with van der Waals surface area (Å²) in [7, 11) is 0. The maximum absolute atomic E-state index is 12.5. The van der Waals surface area contributed by atoms with Crippen molar-refractivity contribution < 1.29 is 4.79 Å². The van der Waals surface area contributed by atoms with Crippen LogP contribution in [-0.4, -0.2) is 15.9 Å². The Morgan fingerprint density at radius 3 is 2.44 bits per heavy atom. The predicted molar refractivity (Wildman–Crippen MR) is 98.8 cm³/mol. The number of aryl methyl sites for hydroxylation is 2. The molecule has 0 spiro atoms. The van der Waals surface area contributed by atoms with E-state index >= 15 is 0 Å². The lowest BCUT2D eigenvalue weighted by molar-refractivity contribution is 0.0945. The van der Waals surface area contributed by atoms with Crippen LogP contribution in [0.5, 0.6) is 0 Å². The Balaban J connectivity index is 1.73. The summed E-state index contributed by atoms with van der Waals surface area (Å²) in [6.45, 7) is 4.27. The minimum Gasteiger partial charge on any atom is -0.347 e. The monoisotopic (exact) mass is 332 g/mol. The molecule has 126 valence electrons. The van der Waals surface area contributed by atoms with Crippen molar-refractivity contribution in [2.24, 2.45) is 0 Å². The molecule has 25 heavy (non-hydrogen) atoms. The van der Waals surface area contributed by atoms with Crippen molar-refractivity contribution in [3.63, 3.8) is 0 Å². The van der Waals surface area contributed by atoms with Gasteiger partial charge in [0.25, 0.3) is 5.91 Å². The van der Waals surface area contributed by atoms with Crippen molar-refractivity contribution in [1.29, 1.82) is 0 Å². The Morgan fingerprint density at radius 2 is 1.68 bits per heavy atom. The van der Waals surface area contributed by atoms with E-state index in [0.29, 0.717) is 23.9 Å². The Hall–Kier alpha value is -3.21. The van der Waals surface area contributed by atoms with Gasteiger partial charge in [0.2, 0.25) is 0 Å². The molecule has 1 amide bonds. The van der Waals surface area contributed by atoms with E-state index in [-0.39, 0.29) is 5.91 Å². The molecular formula is C20H20N4O. The highest BCUT2D eigenvalue weighted by Crippen LogP contribution is 2.15. The van der Waals surface area contributed by atoms with Crippen LogP contribution in [0.1, 0.15) is 27.4 Å². The normalized spacial score (nSPS) is 10.3. The topological polar surface area (TPSA) is 66.9 Å². The van der Waals surface area contributed by atoms with Gasteiger partial charge in [-0.1, -0.05) is 42.5 Å². The van der Waals surface area contributed by atoms with Gasteiger partial charge in [-0.2, -0.15) is 0 Å². The van der Waals surface area contributed by atoms with Crippen molar-refractivity contribution in [3.8, 4) is 0 Å². The van der Waals surface area contributed by atoms with Crippen molar-refractivity contribution in [2.45, 2.75) is 20.4 Å². The quantitative estimate of drug-likeness (QED) is 0.746. The summed E-state index contributed by atoms with van der Waals surface area (Å²) < 4.78 is 0. The number of para-hydroxylation sites is 1. The van der Waals surface area contributed by atoms with E-state index in [0.717, 1.165) is 16.8 Å². The first-order valence-corrected chi connectivity index (χ1v) is 8.12. The van der Waals surface area contributed by atoms with Gasteiger partial charge < -0.3 is 10.6 Å². The van der Waals surface area contributed by atoms with Gasteiger partial charge in [0.05, 0.1) is 0 Å². The third kappa shape index (κ3) is 4.41. The summed E-state index contributed by atoms with van der Waals surface area (Å²) in [5.41, 5.74) is 3.49. The van der Waals surface area contributed by atoms with Gasteiger partial charge in [-0.3, -0.25) is 4.79 Å². The van der Waals surface area contributed by atoms with Crippen LogP contribution < -0.4 is 10.6 Å². The zero-order valence-electron chi connectivity index (χ0n) is 14.3. The molecule has 3 aromatic rings. The molecule has 1 aromatic heterocycles. The maximum atomic E-state index is 12.5. The zero-order valence-corrected chi connectivity index (χ0v) is 14.3. The zero-order chi connectivity index (χ0) is 17.6. The minimum absolute atomic E-state index is 0.218. The van der Waals surface area contributed by atoms with E-state index in [1.807, 2.05) is 61.5 Å². The highest BCUT2D eigenvalue weighted by molar-refractivity contribution is 5.93. The molecule has 0 aliphatic heterocycles. The van der Waals surface area contributed by atoms with E-state index in [2.05, 4.69) is 20.6 Å². The molecule has 0 unspecified atom stereocenters. The maximum Gasteiger partial charge on any atom is 0.270 e. The van der Waals surface area contributed by atoms with Crippen LogP contribution in [0.3, 0.4) is 0 Å². The summed E-state index contributed by atoms with van der Waals surface area (Å²) in [6, 6.07) is 19.3. The van der Waals surface area contributed by atoms with E-state index in [4.69, 9.17) is 0 Å². The third-order valence-electron chi connectivity index (χ3n) is 3.82. The second-order valence-electron chi connectivity index (χ2n) is 5.79. The largest absolute Gasteiger partial charge is 0.347 e. The van der Waals surface area contributed by atoms with Gasteiger partial charge in [0.15, 0.2) is 0 Å². The molecule has 0 saturated heterocycles. The van der Waals surface area contributed by atoms with Crippen molar-refractivity contribution in [2.75, 3.05) is 5.32 Å². The van der Waals surface area contributed by atoms with Gasteiger partial charge in [-0.05, 0) is 37.1 Å². The number of nitrogens with zero attached hydrogens (tertiary/aromatic N) is 2. The van der Waals surface area contributed by atoms with E-state index in [1.165, 1.54) is 0 Å². The number of hydrogen-bond acceptors (Lipinski definition) is 4. The molecule has 5 nitrogen and oxygen atoms in total. The molecule has 0 fully saturated rings. The molecule has 0 aliphatic carbocycles. The van der Waals surface area contributed by atoms with Gasteiger partial charge in [-0.25, -0.2) is 9.97 Å². The van der Waals surface area contributed by atoms with Crippen LogP contribution in [0.15, 0.2) is 60.7 Å². The number of nitrogens with one attached hydrogen (secondary N) is 2. The van der Waals surface area contributed by atoms with Gasteiger partial charge in [0.1, 0.15) is 17.3 Å². The molecule has 3 rings (SSSR count). The summed E-state index contributed by atoms with van der Waals surface area (Å²) in [5.74, 6) is 0.923. The van der Waals surface area contributed by atoms with Crippen LogP contribution in [0.2, 0.25) is 0 Å². The fraction of sp³-hybridized carbons (Fsp3) is 0.150. The van der Waals surface area contributed by atoms with Crippen molar-refractivity contribution >= 4 is 17.4 Å². The van der Waals surface area contributed by atoms with Gasteiger partial charge in [-0.15, -0.1) is 0 Å². The van der Waals surface area contributed by atoms with Crippen molar-refractivity contribution in [1.82, 2.24) is 15.3 Å². The first-order valence-electron chi connectivity index (χ1n) is 8.12. The average molecular weight is 332 g/mol. The molecule has 0 aliphatic rings. The Morgan fingerprint density at radius 1 is 0.960 bits per heavy atom. The lowest BCUT2D eigenvalue weighted by atomic mass is 10.1. The fourth-order valence-electron chi connectivity index (χ4n) is 2.49. The summed E-state index contributed by atoms with van der Waals surface area (Å²) in [4.78, 5) is 21.0. The van der Waals surface area contributed by atoms with Gasteiger partial charge in [0, 0.05) is 18.3 Å². The number of anilines is 2. The summed E-state index contributed by atoms with van der Waals surface area (Å²) >= 11 is 0. The molecule has 0 radical (unpaired) electrons. The number of carbonyl (C=O) groups is 1. The molecule has 2 N–H and O–H groups in total. The second kappa shape index (κ2) is 7.57. The molecular weight excluding hydrogens is 312 g/mol. The molecule has 1 heterocycles. The molecule has 0 bridgehead atoms. The highest BCUT2D eigenvalue weighted by atomic mass is 16.1. The standard InChI is InChI=1S/C20H20N4O/c1-14-8-6-7-9-16(14)13-21-20(25)18-12-19(23-15(2)22-18)24-17-10-4-3-5-11-17/h3-12H,13H2,1-2H3,(H,21,25)(H,22,23,24). The van der Waals surface area contributed by atoms with E-state index in [1.54, 1.807) is 13.0 Å². The Labute approximate surface area is 147 Å². The van der Waals surface area contributed by atoms with Crippen LogP contribution in [0.4, 0.5) is 11.5 Å². The number of carbonyl (C=O) groups excluding carboxylic acids is 1. The number of rotatable bonds is 5. The van der Waals surface area contributed by atoms with Crippen molar-refractivity contribution in [3.05, 3.63) is 83.3 Å². The van der Waals surface area contributed by atoms with E-state index < -0.39 is 0 Å². The second-order valence-corrected chi connectivity index (χ2v) is 5.79. The highest BCUT2D eigenvalue weighted by Gasteiger charge is 2.11. The first kappa shape index (κ1) is 16.6. The van der Waals surface area contributed by atoms with Crippen LogP contribution in [-0.2, 0) is 6.54 Å². The fourth-order valence-corrected chi connectivity index (χ4v) is 2.49. The molecule has 0 atom stereocenters. The van der Waals surface area contributed by atoms with Crippen LogP contribution in [0.25, 0.3) is 0 Å². The SMILES string of the molecule is Cc1nc(Nc2ccccc2)cc(C(=O)NCc2ccccc2C)n1.